The molecule has 0 saturated carbocycles. The molecule has 14 heteroatoms. The van der Waals surface area contributed by atoms with Crippen molar-refractivity contribution in [3.8, 4) is 11.1 Å². The molecule has 1 aromatic heterocycles. The van der Waals surface area contributed by atoms with Gasteiger partial charge in [-0.3, -0.25) is 0 Å². The molecule has 1 radical (unpaired) electrons. The molecule has 0 aliphatic carbocycles. The topological polar surface area (TPSA) is 47.0 Å². The van der Waals surface area contributed by atoms with Gasteiger partial charge in [0.1, 0.15) is 5.15 Å². The van der Waals surface area contributed by atoms with Crippen molar-refractivity contribution < 1.29 is 39.2 Å². The highest BCUT2D eigenvalue weighted by atomic mass is 79.9. The third-order valence-corrected chi connectivity index (χ3v) is 6.40. The van der Waals surface area contributed by atoms with E-state index in [-0.39, 0.29) is 19.7 Å². The van der Waals surface area contributed by atoms with Gasteiger partial charge in [0, 0.05) is 32.3 Å². The van der Waals surface area contributed by atoms with Crippen molar-refractivity contribution in [1.29, 1.82) is 0 Å². The SMILES string of the molecule is O=S(=O)(c1cc(Br)[c]c(Br)c1-c1ccc(Cl)nc1)C(F)(F)C(F)(F)C(F)(F)F. The van der Waals surface area contributed by atoms with E-state index < -0.39 is 37.6 Å². The fourth-order valence-corrected chi connectivity index (χ4v) is 5.21. The molecule has 2 rings (SSSR count). The average Bonchev–Trinajstić information content (AvgIpc) is 2.54. The van der Waals surface area contributed by atoms with Crippen molar-refractivity contribution in [3.63, 3.8) is 0 Å². The van der Waals surface area contributed by atoms with Crippen molar-refractivity contribution in [1.82, 2.24) is 4.98 Å². The third kappa shape index (κ3) is 3.77. The summed E-state index contributed by atoms with van der Waals surface area (Å²) in [5, 5.41) is -6.58. The van der Waals surface area contributed by atoms with E-state index in [4.69, 9.17) is 11.6 Å². The van der Waals surface area contributed by atoms with Gasteiger partial charge in [-0.05, 0) is 34.1 Å². The molecular formula is C14H4Br2ClF7NO2S. The highest BCUT2D eigenvalue weighted by molar-refractivity contribution is 9.11. The lowest BCUT2D eigenvalue weighted by Gasteiger charge is -2.28. The maximum Gasteiger partial charge on any atom is 0.461 e. The average molecular weight is 579 g/mol. The number of hydrogen-bond acceptors (Lipinski definition) is 3. The predicted molar refractivity (Wildman–Crippen MR) is 92.1 cm³/mol. The first kappa shape index (κ1) is 23.4. The summed E-state index contributed by atoms with van der Waals surface area (Å²) in [4.78, 5) is 2.10. The Morgan fingerprint density at radius 2 is 1.61 bits per heavy atom. The molecule has 3 nitrogen and oxygen atoms in total. The van der Waals surface area contributed by atoms with E-state index >= 15 is 0 Å². The van der Waals surface area contributed by atoms with E-state index in [2.05, 4.69) is 42.9 Å². The summed E-state index contributed by atoms with van der Waals surface area (Å²) in [6.45, 7) is 0. The Labute approximate surface area is 175 Å². The van der Waals surface area contributed by atoms with Gasteiger partial charge in [-0.15, -0.1) is 0 Å². The summed E-state index contributed by atoms with van der Waals surface area (Å²) in [5.41, 5.74) is -0.852. The molecule has 0 amide bonds. The number of aromatic nitrogens is 1. The van der Waals surface area contributed by atoms with E-state index in [1.54, 1.807) is 0 Å². The maximum atomic E-state index is 14.0. The van der Waals surface area contributed by atoms with Crippen LogP contribution in [0.3, 0.4) is 0 Å². The number of hydrogen-bond donors (Lipinski definition) is 0. The zero-order valence-electron chi connectivity index (χ0n) is 12.8. The van der Waals surface area contributed by atoms with Crippen molar-refractivity contribution in [2.45, 2.75) is 22.2 Å². The lowest BCUT2D eigenvalue weighted by molar-refractivity contribution is -0.332. The molecule has 0 aliphatic rings. The summed E-state index contributed by atoms with van der Waals surface area (Å²) < 4.78 is 116. The summed E-state index contributed by atoms with van der Waals surface area (Å²) in [5.74, 6) is -6.85. The minimum atomic E-state index is -6.85. The summed E-state index contributed by atoms with van der Waals surface area (Å²) in [7, 11) is -6.56. The van der Waals surface area contributed by atoms with Crippen LogP contribution in [0.2, 0.25) is 5.15 Å². The quantitative estimate of drug-likeness (QED) is 0.317. The smallest absolute Gasteiger partial charge is 0.244 e. The first-order valence-corrected chi connectivity index (χ1v) is 10.1. The molecule has 0 spiro atoms. The Bertz CT molecular complexity index is 1010. The van der Waals surface area contributed by atoms with Crippen LogP contribution in [0.4, 0.5) is 30.7 Å². The van der Waals surface area contributed by atoms with Gasteiger partial charge >= 0.3 is 17.4 Å². The molecule has 0 atom stereocenters. The van der Waals surface area contributed by atoms with Crippen LogP contribution in [0.25, 0.3) is 11.1 Å². The fraction of sp³-hybridized carbons (Fsp3) is 0.214. The van der Waals surface area contributed by atoms with Crippen LogP contribution in [0.1, 0.15) is 0 Å². The molecule has 2 aromatic rings. The molecule has 0 bridgehead atoms. The Balaban J connectivity index is 2.85. The van der Waals surface area contributed by atoms with Crippen LogP contribution < -0.4 is 0 Å². The Morgan fingerprint density at radius 3 is 2.07 bits per heavy atom. The second kappa shape index (κ2) is 7.40. The van der Waals surface area contributed by atoms with Crippen LogP contribution >= 0.6 is 43.5 Å². The van der Waals surface area contributed by atoms with Crippen LogP contribution in [-0.2, 0) is 9.84 Å². The number of sulfone groups is 1. The number of alkyl halides is 7. The first-order valence-electron chi connectivity index (χ1n) is 6.64. The predicted octanol–water partition coefficient (Wildman–Crippen LogP) is 6.29. The Morgan fingerprint density at radius 1 is 1.04 bits per heavy atom. The minimum Gasteiger partial charge on any atom is -0.244 e. The highest BCUT2D eigenvalue weighted by Gasteiger charge is 2.78. The van der Waals surface area contributed by atoms with Gasteiger partial charge < -0.3 is 0 Å². The molecule has 28 heavy (non-hydrogen) atoms. The zero-order chi connectivity index (χ0) is 21.7. The minimum absolute atomic E-state index is 0.0701. The van der Waals surface area contributed by atoms with Crippen LogP contribution in [0.15, 0.2) is 38.2 Å². The monoisotopic (exact) mass is 576 g/mol. The maximum absolute atomic E-state index is 14.0. The molecule has 0 N–H and O–H groups in total. The number of halogens is 10. The van der Waals surface area contributed by atoms with Crippen molar-refractivity contribution in [2.24, 2.45) is 0 Å². The second-order valence-electron chi connectivity index (χ2n) is 5.13. The van der Waals surface area contributed by atoms with E-state index in [0.29, 0.717) is 6.07 Å². The highest BCUT2D eigenvalue weighted by Crippen LogP contribution is 2.52. The Hall–Kier alpha value is -0.920. The van der Waals surface area contributed by atoms with Crippen LogP contribution in [-0.4, -0.2) is 30.8 Å². The molecular weight excluding hydrogens is 574 g/mol. The Kier molecular flexibility index (Phi) is 6.17. The summed E-state index contributed by atoms with van der Waals surface area (Å²) in [6, 6.07) is 5.11. The molecule has 0 saturated heterocycles. The molecule has 1 aromatic carbocycles. The molecule has 153 valence electrons. The summed E-state index contributed by atoms with van der Waals surface area (Å²) >= 11 is 11.2. The normalized spacial score (nSPS) is 13.6. The van der Waals surface area contributed by atoms with Crippen molar-refractivity contribution in [3.05, 3.63) is 44.6 Å². The van der Waals surface area contributed by atoms with E-state index in [1.807, 2.05) is 0 Å². The lowest BCUT2D eigenvalue weighted by Crippen LogP contribution is -2.56. The standard InChI is InChI=1S/C14H4Br2ClF7NO2S/c15-7-3-8(16)11(6-1-2-10(17)25-5-6)9(4-7)28(26,27)14(23,24)12(18,19)13(20,21)22/h1-2,4-5H. The van der Waals surface area contributed by atoms with Crippen molar-refractivity contribution in [2.75, 3.05) is 0 Å². The molecule has 0 aliphatic heterocycles. The van der Waals surface area contributed by atoms with Gasteiger partial charge in [0.2, 0.25) is 0 Å². The fourth-order valence-electron chi connectivity index (χ4n) is 1.98. The van der Waals surface area contributed by atoms with Gasteiger partial charge in [0.05, 0.1) is 4.90 Å². The van der Waals surface area contributed by atoms with Gasteiger partial charge in [-0.1, -0.05) is 27.5 Å². The van der Waals surface area contributed by atoms with Gasteiger partial charge in [0.25, 0.3) is 9.84 Å². The van der Waals surface area contributed by atoms with Crippen LogP contribution in [0, 0.1) is 6.07 Å². The summed E-state index contributed by atoms with van der Waals surface area (Å²) in [6.07, 6.45) is -5.90. The van der Waals surface area contributed by atoms with Gasteiger partial charge in [-0.2, -0.15) is 30.7 Å². The first-order chi connectivity index (χ1) is 12.5. The zero-order valence-corrected chi connectivity index (χ0v) is 17.5. The number of pyridine rings is 1. The van der Waals surface area contributed by atoms with E-state index in [9.17, 15) is 39.2 Å². The third-order valence-electron chi connectivity index (χ3n) is 3.32. The molecule has 1 heterocycles. The molecule has 0 unspecified atom stereocenters. The van der Waals surface area contributed by atoms with Crippen LogP contribution in [0.5, 0.6) is 0 Å². The van der Waals surface area contributed by atoms with E-state index in [0.717, 1.165) is 18.3 Å². The largest absolute Gasteiger partial charge is 0.461 e. The number of rotatable bonds is 4. The van der Waals surface area contributed by atoms with Gasteiger partial charge in [-0.25, -0.2) is 13.4 Å². The van der Waals surface area contributed by atoms with E-state index in [1.165, 1.54) is 0 Å². The lowest BCUT2D eigenvalue weighted by atomic mass is 10.1. The van der Waals surface area contributed by atoms with Gasteiger partial charge in [0.15, 0.2) is 0 Å². The molecule has 0 fully saturated rings. The number of benzene rings is 1. The second-order valence-corrected chi connectivity index (χ2v) is 9.13. The number of nitrogens with zero attached hydrogens (tertiary/aromatic N) is 1. The van der Waals surface area contributed by atoms with Crippen molar-refractivity contribution >= 4 is 53.3 Å².